The van der Waals surface area contributed by atoms with E-state index in [0.29, 0.717) is 26.4 Å². The molecule has 2 heterocycles. The number of carbonyl (C=O) groups is 2. The Morgan fingerprint density at radius 3 is 1.68 bits per heavy atom. The number of fused-ring (bicyclic) bond motifs is 1. The Bertz CT molecular complexity index is 580. The lowest BCUT2D eigenvalue weighted by atomic mass is 10.3. The van der Waals surface area contributed by atoms with E-state index in [4.69, 9.17) is 19.2 Å². The van der Waals surface area contributed by atoms with E-state index in [2.05, 4.69) is 6.92 Å². The molecule has 0 saturated carbocycles. The van der Waals surface area contributed by atoms with Crippen molar-refractivity contribution in [2.24, 2.45) is 0 Å². The van der Waals surface area contributed by atoms with E-state index in [1.807, 2.05) is 20.8 Å². The van der Waals surface area contributed by atoms with Gasteiger partial charge in [0.05, 0.1) is 26.4 Å². The van der Waals surface area contributed by atoms with Crippen molar-refractivity contribution >= 4 is 12.1 Å². The van der Waals surface area contributed by atoms with Gasteiger partial charge in [-0.25, -0.2) is 9.59 Å². The van der Waals surface area contributed by atoms with Crippen LogP contribution in [0.5, 0.6) is 0 Å². The van der Waals surface area contributed by atoms with Gasteiger partial charge in [0.15, 0.2) is 0 Å². The fourth-order valence-electron chi connectivity index (χ4n) is 3.46. The standard InChI is InChI=1S/C21H40N4O6/c1-6-10-14-28-21-18(22(5)19(26)24(21)30-16-12-8-3)23(29-15-11-7-2)20(27)25(21)31-17-13-9-4/h18H,6-17H2,1-5H3. The molecule has 180 valence electrons. The van der Waals surface area contributed by atoms with Gasteiger partial charge in [0.1, 0.15) is 0 Å². The summed E-state index contributed by atoms with van der Waals surface area (Å²) in [5.74, 6) is -1.58. The van der Waals surface area contributed by atoms with Crippen LogP contribution in [0.15, 0.2) is 0 Å². The van der Waals surface area contributed by atoms with Gasteiger partial charge < -0.3 is 4.74 Å². The Kier molecular flexibility index (Phi) is 10.3. The van der Waals surface area contributed by atoms with Crippen LogP contribution in [0.25, 0.3) is 0 Å². The number of hydroxylamine groups is 6. The Hall–Kier alpha value is -1.62. The van der Waals surface area contributed by atoms with Crippen molar-refractivity contribution in [2.45, 2.75) is 91.1 Å². The topological polar surface area (TPSA) is 84.0 Å². The Balaban J connectivity index is 2.43. The van der Waals surface area contributed by atoms with Gasteiger partial charge in [-0.2, -0.15) is 5.06 Å². The molecule has 0 aliphatic carbocycles. The van der Waals surface area contributed by atoms with E-state index in [9.17, 15) is 9.59 Å². The zero-order valence-corrected chi connectivity index (χ0v) is 19.8. The molecule has 0 spiro atoms. The predicted molar refractivity (Wildman–Crippen MR) is 114 cm³/mol. The first-order valence-electron chi connectivity index (χ1n) is 11.7. The van der Waals surface area contributed by atoms with Crippen LogP contribution in [0.1, 0.15) is 79.1 Å². The lowest BCUT2D eigenvalue weighted by Gasteiger charge is -2.38. The number of likely N-dealkylation sites (N-methyl/N-ethyl adjacent to an activating group) is 1. The van der Waals surface area contributed by atoms with Crippen LogP contribution in [-0.2, 0) is 19.2 Å². The molecule has 2 unspecified atom stereocenters. The molecule has 2 atom stereocenters. The quantitative estimate of drug-likeness (QED) is 0.334. The summed E-state index contributed by atoms with van der Waals surface area (Å²) in [4.78, 5) is 45.6. The highest BCUT2D eigenvalue weighted by Crippen LogP contribution is 2.45. The predicted octanol–water partition coefficient (Wildman–Crippen LogP) is 4.08. The van der Waals surface area contributed by atoms with Gasteiger partial charge in [0.25, 0.3) is 0 Å². The maximum Gasteiger partial charge on any atom is 0.374 e. The van der Waals surface area contributed by atoms with Crippen molar-refractivity contribution in [1.82, 2.24) is 20.1 Å². The minimum Gasteiger partial charge on any atom is -0.331 e. The molecule has 0 radical (unpaired) electrons. The third-order valence-corrected chi connectivity index (χ3v) is 5.32. The summed E-state index contributed by atoms with van der Waals surface area (Å²) in [6.45, 7) is 9.51. The highest BCUT2D eigenvalue weighted by molar-refractivity contribution is 5.84. The molecule has 2 aliphatic rings. The zero-order valence-electron chi connectivity index (χ0n) is 19.8. The second kappa shape index (κ2) is 12.4. The van der Waals surface area contributed by atoms with Crippen molar-refractivity contribution in [1.29, 1.82) is 0 Å². The SMILES string of the molecule is CCCCON1C(=O)N(OCCCC)C2(OCCCC)C1N(C)C(=O)N2OCCCC. The Morgan fingerprint density at radius 1 is 0.710 bits per heavy atom. The number of hydrogen-bond donors (Lipinski definition) is 0. The first-order chi connectivity index (χ1) is 15.0. The smallest absolute Gasteiger partial charge is 0.331 e. The molecule has 0 aromatic heterocycles. The molecular weight excluding hydrogens is 404 g/mol. The number of hydrogen-bond acceptors (Lipinski definition) is 6. The van der Waals surface area contributed by atoms with Gasteiger partial charge in [-0.15, -0.1) is 10.1 Å². The zero-order chi connectivity index (χ0) is 22.9. The number of amides is 4. The first-order valence-corrected chi connectivity index (χ1v) is 11.7. The summed E-state index contributed by atoms with van der Waals surface area (Å²) in [6, 6.07) is -0.907. The summed E-state index contributed by atoms with van der Waals surface area (Å²) >= 11 is 0. The second-order valence-electron chi connectivity index (χ2n) is 7.89. The van der Waals surface area contributed by atoms with E-state index >= 15 is 0 Å². The van der Waals surface area contributed by atoms with E-state index < -0.39 is 24.1 Å². The van der Waals surface area contributed by atoms with Gasteiger partial charge >= 0.3 is 17.9 Å². The number of rotatable bonds is 16. The minimum absolute atomic E-state index is 0.317. The molecule has 0 N–H and O–H groups in total. The molecule has 4 amide bonds. The van der Waals surface area contributed by atoms with Crippen LogP contribution < -0.4 is 0 Å². The Morgan fingerprint density at radius 2 is 1.16 bits per heavy atom. The Labute approximate surface area is 186 Å². The van der Waals surface area contributed by atoms with Gasteiger partial charge in [0, 0.05) is 7.05 Å². The van der Waals surface area contributed by atoms with E-state index in [0.717, 1.165) is 61.5 Å². The van der Waals surface area contributed by atoms with Crippen LogP contribution in [0, 0.1) is 0 Å². The summed E-state index contributed by atoms with van der Waals surface area (Å²) in [5, 5.41) is 3.51. The number of ether oxygens (including phenoxy) is 1. The minimum atomic E-state index is -1.58. The molecular formula is C21H40N4O6. The second-order valence-corrected chi connectivity index (χ2v) is 7.89. The van der Waals surface area contributed by atoms with Crippen molar-refractivity contribution in [3.63, 3.8) is 0 Å². The lowest BCUT2D eigenvalue weighted by molar-refractivity contribution is -0.378. The number of urea groups is 2. The largest absolute Gasteiger partial charge is 0.374 e. The molecule has 31 heavy (non-hydrogen) atoms. The molecule has 10 nitrogen and oxygen atoms in total. The highest BCUT2D eigenvalue weighted by Gasteiger charge is 2.74. The molecule has 0 bridgehead atoms. The number of carbonyl (C=O) groups excluding carboxylic acids is 2. The molecule has 2 fully saturated rings. The average molecular weight is 445 g/mol. The number of nitrogens with zero attached hydrogens (tertiary/aromatic N) is 4. The lowest BCUT2D eigenvalue weighted by Crippen LogP contribution is -2.62. The number of unbranched alkanes of at least 4 members (excludes halogenated alkanes) is 4. The fourth-order valence-corrected chi connectivity index (χ4v) is 3.46. The summed E-state index contributed by atoms with van der Waals surface area (Å²) in [6.07, 6.45) is 5.86. The first kappa shape index (κ1) is 25.6. The van der Waals surface area contributed by atoms with E-state index in [-0.39, 0.29) is 0 Å². The van der Waals surface area contributed by atoms with Crippen molar-refractivity contribution in [3.8, 4) is 0 Å². The van der Waals surface area contributed by atoms with Crippen LogP contribution >= 0.6 is 0 Å². The highest BCUT2D eigenvalue weighted by atomic mass is 16.8. The van der Waals surface area contributed by atoms with Gasteiger partial charge in [0.2, 0.25) is 6.17 Å². The van der Waals surface area contributed by atoms with Crippen LogP contribution in [-0.4, -0.2) is 77.6 Å². The third kappa shape index (κ3) is 5.24. The molecule has 10 heteroatoms. The molecule has 2 saturated heterocycles. The van der Waals surface area contributed by atoms with Gasteiger partial charge in [-0.3, -0.25) is 19.4 Å². The van der Waals surface area contributed by atoms with Crippen molar-refractivity contribution in [2.75, 3.05) is 33.5 Å². The monoisotopic (exact) mass is 444 g/mol. The maximum atomic E-state index is 13.4. The van der Waals surface area contributed by atoms with Gasteiger partial charge in [-0.1, -0.05) is 53.4 Å². The fraction of sp³-hybridized carbons (Fsp3) is 0.905. The average Bonchev–Trinajstić information content (AvgIpc) is 3.11. The molecule has 2 rings (SSSR count). The van der Waals surface area contributed by atoms with E-state index in [1.54, 1.807) is 7.05 Å². The normalized spacial score (nSPS) is 23.5. The molecule has 0 aromatic rings. The third-order valence-electron chi connectivity index (χ3n) is 5.32. The van der Waals surface area contributed by atoms with Crippen LogP contribution in [0.2, 0.25) is 0 Å². The maximum absolute atomic E-state index is 13.4. The van der Waals surface area contributed by atoms with Crippen LogP contribution in [0.3, 0.4) is 0 Å². The van der Waals surface area contributed by atoms with Crippen LogP contribution in [0.4, 0.5) is 9.59 Å². The summed E-state index contributed by atoms with van der Waals surface area (Å²) in [5.41, 5.74) is 0. The summed E-state index contributed by atoms with van der Waals surface area (Å²) in [7, 11) is 1.62. The summed E-state index contributed by atoms with van der Waals surface area (Å²) < 4.78 is 6.29. The van der Waals surface area contributed by atoms with Crippen molar-refractivity contribution < 1.29 is 28.8 Å². The molecule has 0 aromatic carbocycles. The molecule has 2 aliphatic heterocycles. The van der Waals surface area contributed by atoms with Gasteiger partial charge in [-0.05, 0) is 25.7 Å². The van der Waals surface area contributed by atoms with E-state index in [1.165, 1.54) is 9.96 Å². The van der Waals surface area contributed by atoms with Crippen molar-refractivity contribution in [3.05, 3.63) is 0 Å².